The fraction of sp³-hybridized carbons (Fsp3) is 0.769. The van der Waals surface area contributed by atoms with Gasteiger partial charge in [-0.2, -0.15) is 12.7 Å². The second-order valence-corrected chi connectivity index (χ2v) is 8.29. The molecule has 0 bridgehead atoms. The lowest BCUT2D eigenvalue weighted by molar-refractivity contribution is -0.146. The number of methoxy groups -OCH3 is 1. The molecule has 0 unspecified atom stereocenters. The lowest BCUT2D eigenvalue weighted by Crippen LogP contribution is -2.48. The summed E-state index contributed by atoms with van der Waals surface area (Å²) in [5, 5.41) is -0.0875. The van der Waals surface area contributed by atoms with E-state index < -0.39 is 16.1 Å². The number of hydrogen-bond donors (Lipinski definition) is 1. The minimum atomic E-state index is -3.92. The number of carbonyl (C=O) groups is 3. The standard InChI is InChI=1S/C13H21N3O6S2/c1-22-12(18)10-2-6-16(7-3-10)24(20,21)14-11(17)4-5-15-8-9-23-13(15)19/h10H,2-9H2,1H3,(H,14,17). The monoisotopic (exact) mass is 379 g/mol. The first-order valence-electron chi connectivity index (χ1n) is 7.63. The molecule has 2 saturated heterocycles. The van der Waals surface area contributed by atoms with Gasteiger partial charge in [0, 0.05) is 38.4 Å². The molecule has 2 rings (SSSR count). The summed E-state index contributed by atoms with van der Waals surface area (Å²) in [6.07, 6.45) is 0.659. The Kier molecular flexibility index (Phi) is 6.47. The molecule has 2 amide bonds. The number of esters is 1. The molecule has 0 aromatic carbocycles. The maximum atomic E-state index is 12.2. The van der Waals surface area contributed by atoms with E-state index in [2.05, 4.69) is 4.74 Å². The molecule has 0 saturated carbocycles. The molecule has 0 radical (unpaired) electrons. The Balaban J connectivity index is 1.79. The van der Waals surface area contributed by atoms with Gasteiger partial charge < -0.3 is 9.64 Å². The summed E-state index contributed by atoms with van der Waals surface area (Å²) in [4.78, 5) is 36.2. The van der Waals surface area contributed by atoms with E-state index in [1.165, 1.54) is 23.8 Å². The minimum absolute atomic E-state index is 0.0653. The van der Waals surface area contributed by atoms with E-state index in [1.807, 2.05) is 4.72 Å². The smallest absolute Gasteiger partial charge is 0.308 e. The van der Waals surface area contributed by atoms with Crippen molar-refractivity contribution >= 4 is 39.1 Å². The Bertz CT molecular complexity index is 601. The zero-order valence-corrected chi connectivity index (χ0v) is 15.0. The maximum absolute atomic E-state index is 12.2. The van der Waals surface area contributed by atoms with Gasteiger partial charge in [0.25, 0.3) is 5.24 Å². The molecule has 0 spiro atoms. The van der Waals surface area contributed by atoms with Gasteiger partial charge in [-0.1, -0.05) is 11.8 Å². The second kappa shape index (κ2) is 8.17. The fourth-order valence-electron chi connectivity index (χ4n) is 2.62. The molecule has 24 heavy (non-hydrogen) atoms. The van der Waals surface area contributed by atoms with Crippen LogP contribution in [0.2, 0.25) is 0 Å². The number of hydrogen-bond acceptors (Lipinski definition) is 7. The summed E-state index contributed by atoms with van der Waals surface area (Å²) in [6, 6.07) is 0. The van der Waals surface area contributed by atoms with Crippen LogP contribution in [0.1, 0.15) is 19.3 Å². The molecule has 2 aliphatic heterocycles. The van der Waals surface area contributed by atoms with Crippen molar-refractivity contribution in [2.75, 3.05) is 39.0 Å². The molecule has 0 aromatic rings. The molecule has 0 atom stereocenters. The zero-order chi connectivity index (χ0) is 17.7. The number of carbonyl (C=O) groups excluding carboxylic acids is 3. The molecular weight excluding hydrogens is 358 g/mol. The average molecular weight is 379 g/mol. The highest BCUT2D eigenvalue weighted by Crippen LogP contribution is 2.20. The molecule has 11 heteroatoms. The lowest BCUT2D eigenvalue weighted by Gasteiger charge is -2.29. The Morgan fingerprint density at radius 2 is 1.96 bits per heavy atom. The van der Waals surface area contributed by atoms with Crippen LogP contribution < -0.4 is 4.72 Å². The van der Waals surface area contributed by atoms with Crippen molar-refractivity contribution in [1.29, 1.82) is 0 Å². The Morgan fingerprint density at radius 3 is 2.50 bits per heavy atom. The SMILES string of the molecule is COC(=O)C1CCN(S(=O)(=O)NC(=O)CCN2CCSC2=O)CC1. The molecule has 0 aliphatic carbocycles. The van der Waals surface area contributed by atoms with Gasteiger partial charge in [0.05, 0.1) is 13.0 Å². The highest BCUT2D eigenvalue weighted by Gasteiger charge is 2.32. The van der Waals surface area contributed by atoms with E-state index >= 15 is 0 Å². The average Bonchev–Trinajstić information content (AvgIpc) is 2.97. The van der Waals surface area contributed by atoms with Crippen LogP contribution in [0.5, 0.6) is 0 Å². The van der Waals surface area contributed by atoms with Gasteiger partial charge in [0.1, 0.15) is 0 Å². The third-order valence-corrected chi connectivity index (χ3v) is 6.45. The number of rotatable bonds is 6. The normalized spacial score (nSPS) is 20.2. The summed E-state index contributed by atoms with van der Waals surface area (Å²) in [5.74, 6) is -0.608. The predicted octanol–water partition coefficient (Wildman–Crippen LogP) is -0.209. The van der Waals surface area contributed by atoms with Crippen molar-refractivity contribution < 1.29 is 27.5 Å². The quantitative estimate of drug-likeness (QED) is 0.635. The van der Waals surface area contributed by atoms with Crippen LogP contribution in [0, 0.1) is 5.92 Å². The van der Waals surface area contributed by atoms with Crippen LogP contribution in [0.3, 0.4) is 0 Å². The summed E-state index contributed by atoms with van der Waals surface area (Å²) in [6.45, 7) is 1.09. The third-order valence-electron chi connectivity index (χ3n) is 4.02. The molecule has 9 nitrogen and oxygen atoms in total. The van der Waals surface area contributed by atoms with Gasteiger partial charge in [-0.15, -0.1) is 0 Å². The molecular formula is C13H21N3O6S2. The van der Waals surface area contributed by atoms with Crippen LogP contribution >= 0.6 is 11.8 Å². The number of nitrogens with zero attached hydrogens (tertiary/aromatic N) is 2. The van der Waals surface area contributed by atoms with Gasteiger partial charge in [-0.05, 0) is 12.8 Å². The fourth-order valence-corrected chi connectivity index (χ4v) is 4.69. The van der Waals surface area contributed by atoms with Crippen LogP contribution in [0.25, 0.3) is 0 Å². The molecule has 136 valence electrons. The Morgan fingerprint density at radius 1 is 1.29 bits per heavy atom. The number of piperidine rings is 1. The van der Waals surface area contributed by atoms with Crippen molar-refractivity contribution in [2.45, 2.75) is 19.3 Å². The van der Waals surface area contributed by atoms with Gasteiger partial charge in [0.15, 0.2) is 0 Å². The van der Waals surface area contributed by atoms with Crippen molar-refractivity contribution in [1.82, 2.24) is 13.9 Å². The number of thioether (sulfide) groups is 1. The van der Waals surface area contributed by atoms with E-state index in [4.69, 9.17) is 0 Å². The van der Waals surface area contributed by atoms with Crippen molar-refractivity contribution in [3.8, 4) is 0 Å². The van der Waals surface area contributed by atoms with Crippen LogP contribution in [-0.2, 0) is 24.5 Å². The van der Waals surface area contributed by atoms with Gasteiger partial charge in [0.2, 0.25) is 5.91 Å². The molecule has 0 aromatic heterocycles. The Hall–Kier alpha value is -1.33. The maximum Gasteiger partial charge on any atom is 0.308 e. The van der Waals surface area contributed by atoms with Crippen LogP contribution in [0.4, 0.5) is 4.79 Å². The first-order chi connectivity index (χ1) is 11.3. The highest BCUT2D eigenvalue weighted by molar-refractivity contribution is 8.13. The van der Waals surface area contributed by atoms with E-state index in [0.717, 1.165) is 4.31 Å². The first-order valence-corrected chi connectivity index (χ1v) is 10.1. The largest absolute Gasteiger partial charge is 0.469 e. The third kappa shape index (κ3) is 4.84. The van der Waals surface area contributed by atoms with Crippen molar-refractivity contribution in [3.63, 3.8) is 0 Å². The Labute approximate surface area is 145 Å². The highest BCUT2D eigenvalue weighted by atomic mass is 32.2. The summed E-state index contributed by atoms with van der Waals surface area (Å²) < 4.78 is 32.2. The first kappa shape index (κ1) is 19.0. The lowest BCUT2D eigenvalue weighted by atomic mass is 9.99. The van der Waals surface area contributed by atoms with Gasteiger partial charge in [-0.3, -0.25) is 14.4 Å². The van der Waals surface area contributed by atoms with Crippen LogP contribution in [0.15, 0.2) is 0 Å². The summed E-state index contributed by atoms with van der Waals surface area (Å²) in [7, 11) is -2.62. The summed E-state index contributed by atoms with van der Waals surface area (Å²) in [5.41, 5.74) is 0. The van der Waals surface area contributed by atoms with E-state index in [1.54, 1.807) is 0 Å². The molecule has 2 heterocycles. The van der Waals surface area contributed by atoms with Gasteiger partial charge >= 0.3 is 16.2 Å². The summed E-state index contributed by atoms with van der Waals surface area (Å²) >= 11 is 1.19. The predicted molar refractivity (Wildman–Crippen MR) is 87.4 cm³/mol. The van der Waals surface area contributed by atoms with E-state index in [0.29, 0.717) is 25.1 Å². The molecule has 2 aliphatic rings. The van der Waals surface area contributed by atoms with E-state index in [-0.39, 0.29) is 43.2 Å². The van der Waals surface area contributed by atoms with Crippen LogP contribution in [-0.4, -0.2) is 73.8 Å². The number of nitrogens with one attached hydrogen (secondary N) is 1. The minimum Gasteiger partial charge on any atom is -0.469 e. The number of amides is 2. The second-order valence-electron chi connectivity index (χ2n) is 5.58. The topological polar surface area (TPSA) is 113 Å². The molecule has 1 N–H and O–H groups in total. The molecule has 2 fully saturated rings. The number of ether oxygens (including phenoxy) is 1. The van der Waals surface area contributed by atoms with Gasteiger partial charge in [-0.25, -0.2) is 4.72 Å². The van der Waals surface area contributed by atoms with E-state index in [9.17, 15) is 22.8 Å². The zero-order valence-electron chi connectivity index (χ0n) is 13.4. The van der Waals surface area contributed by atoms with Crippen molar-refractivity contribution in [2.24, 2.45) is 5.92 Å². The van der Waals surface area contributed by atoms with Crippen molar-refractivity contribution in [3.05, 3.63) is 0 Å².